The molecule has 0 heterocycles. The number of halogens is 2. The molecule has 1 aliphatic carbocycles. The van der Waals surface area contributed by atoms with Crippen LogP contribution in [-0.2, 0) is 6.54 Å². The summed E-state index contributed by atoms with van der Waals surface area (Å²) in [5, 5.41) is 3.39. The van der Waals surface area contributed by atoms with Gasteiger partial charge in [0.1, 0.15) is 5.82 Å². The van der Waals surface area contributed by atoms with Crippen molar-refractivity contribution < 1.29 is 4.39 Å². The molecule has 17 heavy (non-hydrogen) atoms. The summed E-state index contributed by atoms with van der Waals surface area (Å²) in [4.78, 5) is 0. The Labute approximate surface area is 111 Å². The molecule has 2 rings (SSSR count). The summed E-state index contributed by atoms with van der Waals surface area (Å²) < 4.78 is 14.4. The van der Waals surface area contributed by atoms with Crippen molar-refractivity contribution in [2.45, 2.75) is 33.2 Å². The Balaban J connectivity index is 1.88. The zero-order valence-electron chi connectivity index (χ0n) is 10.4. The first kappa shape index (κ1) is 13.0. The molecule has 1 aromatic carbocycles. The van der Waals surface area contributed by atoms with Crippen LogP contribution in [0.2, 0.25) is 0 Å². The Morgan fingerprint density at radius 2 is 2.12 bits per heavy atom. The minimum atomic E-state index is -0.130. The molecule has 94 valence electrons. The summed E-state index contributed by atoms with van der Waals surface area (Å²) in [7, 11) is 0. The predicted molar refractivity (Wildman–Crippen MR) is 72.3 cm³/mol. The van der Waals surface area contributed by atoms with Gasteiger partial charge in [0.2, 0.25) is 0 Å². The highest BCUT2D eigenvalue weighted by Gasteiger charge is 2.44. The lowest BCUT2D eigenvalue weighted by Crippen LogP contribution is -2.27. The van der Waals surface area contributed by atoms with Crippen LogP contribution >= 0.6 is 15.9 Å². The summed E-state index contributed by atoms with van der Waals surface area (Å²) in [6.07, 6.45) is 2.61. The average Bonchev–Trinajstić information content (AvgIpc) is 3.04. The summed E-state index contributed by atoms with van der Waals surface area (Å²) in [6, 6.07) is 5.09. The quantitative estimate of drug-likeness (QED) is 0.862. The average molecular weight is 300 g/mol. The van der Waals surface area contributed by atoms with Crippen LogP contribution in [0, 0.1) is 17.2 Å². The number of rotatable bonds is 5. The van der Waals surface area contributed by atoms with Gasteiger partial charge in [-0.05, 0) is 42.4 Å². The molecule has 1 nitrogen and oxygen atoms in total. The van der Waals surface area contributed by atoms with Crippen molar-refractivity contribution in [2.24, 2.45) is 11.3 Å². The van der Waals surface area contributed by atoms with Gasteiger partial charge >= 0.3 is 0 Å². The van der Waals surface area contributed by atoms with Crippen LogP contribution in [0.3, 0.4) is 0 Å². The van der Waals surface area contributed by atoms with Gasteiger partial charge in [-0.3, -0.25) is 0 Å². The zero-order valence-corrected chi connectivity index (χ0v) is 12.0. The maximum Gasteiger partial charge on any atom is 0.127 e. The van der Waals surface area contributed by atoms with Crippen LogP contribution in [0.25, 0.3) is 0 Å². The molecule has 0 unspecified atom stereocenters. The number of nitrogens with one attached hydrogen (secondary N) is 1. The van der Waals surface area contributed by atoms with Gasteiger partial charge in [0.25, 0.3) is 0 Å². The fourth-order valence-corrected chi connectivity index (χ4v) is 2.65. The lowest BCUT2D eigenvalue weighted by molar-refractivity contribution is 0.337. The Bertz CT molecular complexity index is 399. The summed E-state index contributed by atoms with van der Waals surface area (Å²) in [5.74, 6) is 0.581. The van der Waals surface area contributed by atoms with Gasteiger partial charge in [-0.1, -0.05) is 29.8 Å². The van der Waals surface area contributed by atoms with Gasteiger partial charge in [0.05, 0.1) is 0 Å². The SMILES string of the molecule is CC(C)C1(CNCc2cc(Br)ccc2F)CC1. The lowest BCUT2D eigenvalue weighted by atomic mass is 9.92. The van der Waals surface area contributed by atoms with Crippen LogP contribution in [0.5, 0.6) is 0 Å². The second-order valence-corrected chi connectivity index (χ2v) is 6.27. The normalized spacial score (nSPS) is 17.5. The van der Waals surface area contributed by atoms with E-state index in [0.717, 1.165) is 16.6 Å². The molecule has 1 saturated carbocycles. The van der Waals surface area contributed by atoms with E-state index in [1.807, 2.05) is 6.07 Å². The molecule has 0 aromatic heterocycles. The van der Waals surface area contributed by atoms with Crippen molar-refractivity contribution in [3.63, 3.8) is 0 Å². The van der Waals surface area contributed by atoms with E-state index in [1.165, 1.54) is 18.9 Å². The van der Waals surface area contributed by atoms with Gasteiger partial charge in [0, 0.05) is 23.1 Å². The Hall–Kier alpha value is -0.410. The fraction of sp³-hybridized carbons (Fsp3) is 0.571. The van der Waals surface area contributed by atoms with Crippen molar-refractivity contribution in [3.05, 3.63) is 34.1 Å². The first-order chi connectivity index (χ1) is 8.03. The van der Waals surface area contributed by atoms with E-state index in [9.17, 15) is 4.39 Å². The van der Waals surface area contributed by atoms with Crippen molar-refractivity contribution in [1.29, 1.82) is 0 Å². The third-order valence-electron chi connectivity index (χ3n) is 3.92. The first-order valence-corrected chi connectivity index (χ1v) is 6.97. The van der Waals surface area contributed by atoms with E-state index in [2.05, 4.69) is 35.1 Å². The Kier molecular flexibility index (Phi) is 3.88. The molecular formula is C14H19BrFN. The monoisotopic (exact) mass is 299 g/mol. The molecule has 0 amide bonds. The predicted octanol–water partition coefficient (Wildman–Crippen LogP) is 4.11. The van der Waals surface area contributed by atoms with E-state index < -0.39 is 0 Å². The number of hydrogen-bond donors (Lipinski definition) is 1. The molecular weight excluding hydrogens is 281 g/mol. The third kappa shape index (κ3) is 3.08. The molecule has 3 heteroatoms. The molecule has 0 spiro atoms. The smallest absolute Gasteiger partial charge is 0.127 e. The van der Waals surface area contributed by atoms with Crippen LogP contribution in [0.15, 0.2) is 22.7 Å². The summed E-state index contributed by atoms with van der Waals surface area (Å²) in [6.45, 7) is 6.15. The number of hydrogen-bond acceptors (Lipinski definition) is 1. The van der Waals surface area contributed by atoms with Gasteiger partial charge in [-0.2, -0.15) is 0 Å². The van der Waals surface area contributed by atoms with E-state index in [0.29, 0.717) is 17.9 Å². The highest BCUT2D eigenvalue weighted by atomic mass is 79.9. The van der Waals surface area contributed by atoms with Crippen molar-refractivity contribution in [1.82, 2.24) is 5.32 Å². The third-order valence-corrected chi connectivity index (χ3v) is 4.41. The van der Waals surface area contributed by atoms with Crippen molar-refractivity contribution in [2.75, 3.05) is 6.54 Å². The second kappa shape index (κ2) is 5.07. The van der Waals surface area contributed by atoms with Crippen LogP contribution in [0.4, 0.5) is 4.39 Å². The Morgan fingerprint density at radius 1 is 1.41 bits per heavy atom. The van der Waals surface area contributed by atoms with E-state index in [1.54, 1.807) is 6.07 Å². The van der Waals surface area contributed by atoms with Gasteiger partial charge < -0.3 is 5.32 Å². The molecule has 1 aliphatic rings. The molecule has 0 aliphatic heterocycles. The van der Waals surface area contributed by atoms with Gasteiger partial charge in [0.15, 0.2) is 0 Å². The van der Waals surface area contributed by atoms with E-state index >= 15 is 0 Å². The standard InChI is InChI=1S/C14H19BrFN/c1-10(2)14(5-6-14)9-17-8-11-7-12(15)3-4-13(11)16/h3-4,7,10,17H,5-6,8-9H2,1-2H3. The molecule has 0 radical (unpaired) electrons. The topological polar surface area (TPSA) is 12.0 Å². The van der Waals surface area contributed by atoms with Gasteiger partial charge in [-0.25, -0.2) is 4.39 Å². The molecule has 1 fully saturated rings. The van der Waals surface area contributed by atoms with Gasteiger partial charge in [-0.15, -0.1) is 0 Å². The Morgan fingerprint density at radius 3 is 2.71 bits per heavy atom. The van der Waals surface area contributed by atoms with Crippen molar-refractivity contribution >= 4 is 15.9 Å². The lowest BCUT2D eigenvalue weighted by Gasteiger charge is -2.20. The summed E-state index contributed by atoms with van der Waals surface area (Å²) >= 11 is 3.37. The largest absolute Gasteiger partial charge is 0.312 e. The zero-order chi connectivity index (χ0) is 12.5. The van der Waals surface area contributed by atoms with Crippen LogP contribution < -0.4 is 5.32 Å². The van der Waals surface area contributed by atoms with Crippen molar-refractivity contribution in [3.8, 4) is 0 Å². The van der Waals surface area contributed by atoms with Crippen LogP contribution in [0.1, 0.15) is 32.3 Å². The molecule has 1 aromatic rings. The highest BCUT2D eigenvalue weighted by molar-refractivity contribution is 9.10. The number of benzene rings is 1. The molecule has 0 saturated heterocycles. The minimum Gasteiger partial charge on any atom is -0.312 e. The van der Waals surface area contributed by atoms with Crippen LogP contribution in [-0.4, -0.2) is 6.54 Å². The minimum absolute atomic E-state index is 0.130. The molecule has 0 bridgehead atoms. The van der Waals surface area contributed by atoms with E-state index in [4.69, 9.17) is 0 Å². The fourth-order valence-electron chi connectivity index (χ4n) is 2.24. The van der Waals surface area contributed by atoms with E-state index in [-0.39, 0.29) is 5.82 Å². The second-order valence-electron chi connectivity index (χ2n) is 5.36. The maximum atomic E-state index is 13.5. The molecule has 0 atom stereocenters. The maximum absolute atomic E-state index is 13.5. The highest BCUT2D eigenvalue weighted by Crippen LogP contribution is 2.51. The molecule has 1 N–H and O–H groups in total. The first-order valence-electron chi connectivity index (χ1n) is 6.18. The summed E-state index contributed by atoms with van der Waals surface area (Å²) in [5.41, 5.74) is 1.21.